The Hall–Kier alpha value is -3.85. The predicted octanol–water partition coefficient (Wildman–Crippen LogP) is 2.50. The van der Waals surface area contributed by atoms with E-state index < -0.39 is 0 Å². The molecule has 30 heavy (non-hydrogen) atoms. The smallest absolute Gasteiger partial charge is 0.257 e. The molecule has 0 bridgehead atoms. The lowest BCUT2D eigenvalue weighted by molar-refractivity contribution is 0.102. The Morgan fingerprint density at radius 3 is 2.67 bits per heavy atom. The molecule has 1 aliphatic rings. The molecule has 5 rings (SSSR count). The lowest BCUT2D eigenvalue weighted by Crippen LogP contribution is -2.37. The van der Waals surface area contributed by atoms with Gasteiger partial charge in [0.1, 0.15) is 5.82 Å². The highest BCUT2D eigenvalue weighted by Crippen LogP contribution is 2.27. The van der Waals surface area contributed by atoms with Crippen LogP contribution in [0.2, 0.25) is 0 Å². The molecule has 4 aromatic rings. The number of pyridine rings is 1. The van der Waals surface area contributed by atoms with Crippen molar-refractivity contribution in [3.05, 3.63) is 60.6 Å². The fourth-order valence-corrected chi connectivity index (χ4v) is 3.37. The summed E-state index contributed by atoms with van der Waals surface area (Å²) in [5.74, 6) is 1.24. The molecule has 0 aliphatic carbocycles. The third-order valence-electron chi connectivity index (χ3n) is 4.92. The van der Waals surface area contributed by atoms with Gasteiger partial charge < -0.3 is 15.0 Å². The van der Waals surface area contributed by atoms with E-state index in [4.69, 9.17) is 9.72 Å². The van der Waals surface area contributed by atoms with Gasteiger partial charge >= 0.3 is 0 Å². The third-order valence-corrected chi connectivity index (χ3v) is 4.92. The van der Waals surface area contributed by atoms with Crippen molar-refractivity contribution in [1.82, 2.24) is 25.1 Å². The van der Waals surface area contributed by atoms with E-state index in [-0.39, 0.29) is 5.91 Å². The first-order valence-corrected chi connectivity index (χ1v) is 9.63. The zero-order chi connectivity index (χ0) is 20.3. The van der Waals surface area contributed by atoms with Gasteiger partial charge in [-0.2, -0.15) is 5.10 Å². The minimum Gasteiger partial charge on any atom is -0.378 e. The van der Waals surface area contributed by atoms with Gasteiger partial charge in [0.25, 0.3) is 5.91 Å². The quantitative estimate of drug-likeness (QED) is 0.541. The summed E-state index contributed by atoms with van der Waals surface area (Å²) in [7, 11) is 0. The zero-order valence-electron chi connectivity index (χ0n) is 16.1. The number of nitrogens with zero attached hydrogens (tertiary/aromatic N) is 5. The van der Waals surface area contributed by atoms with Crippen LogP contribution in [-0.4, -0.2) is 57.4 Å². The van der Waals surface area contributed by atoms with Gasteiger partial charge in [-0.1, -0.05) is 0 Å². The number of ether oxygens (including phenoxy) is 1. The molecule has 0 atom stereocenters. The van der Waals surface area contributed by atoms with Gasteiger partial charge in [-0.3, -0.25) is 14.9 Å². The summed E-state index contributed by atoms with van der Waals surface area (Å²) in [6, 6.07) is 10.9. The van der Waals surface area contributed by atoms with Gasteiger partial charge in [0.15, 0.2) is 11.5 Å². The van der Waals surface area contributed by atoms with Gasteiger partial charge in [-0.15, -0.1) is 0 Å². The highest BCUT2D eigenvalue weighted by atomic mass is 16.5. The second-order valence-electron chi connectivity index (χ2n) is 6.88. The van der Waals surface area contributed by atoms with Gasteiger partial charge in [-0.05, 0) is 36.4 Å². The topological polar surface area (TPSA) is 109 Å². The van der Waals surface area contributed by atoms with Crippen LogP contribution in [0.25, 0.3) is 22.4 Å². The van der Waals surface area contributed by atoms with Crippen molar-refractivity contribution >= 4 is 28.4 Å². The van der Waals surface area contributed by atoms with Crippen LogP contribution in [0.15, 0.2) is 55.0 Å². The van der Waals surface area contributed by atoms with Crippen LogP contribution in [0, 0.1) is 0 Å². The number of fused-ring (bicyclic) bond motifs is 1. The molecule has 1 aliphatic heterocycles. The average molecular weight is 401 g/mol. The highest BCUT2D eigenvalue weighted by Gasteiger charge is 2.19. The number of anilines is 2. The summed E-state index contributed by atoms with van der Waals surface area (Å²) in [6.07, 6.45) is 4.92. The van der Waals surface area contributed by atoms with E-state index in [1.807, 2.05) is 24.3 Å². The number of carbonyl (C=O) groups is 1. The van der Waals surface area contributed by atoms with E-state index in [2.05, 4.69) is 30.4 Å². The summed E-state index contributed by atoms with van der Waals surface area (Å²) >= 11 is 0. The predicted molar refractivity (Wildman–Crippen MR) is 112 cm³/mol. The molecule has 0 saturated carbocycles. The maximum Gasteiger partial charge on any atom is 0.257 e. The Bertz CT molecular complexity index is 1170. The van der Waals surface area contributed by atoms with Gasteiger partial charge in [0.2, 0.25) is 0 Å². The van der Waals surface area contributed by atoms with Crippen molar-refractivity contribution in [2.75, 3.05) is 36.5 Å². The minimum absolute atomic E-state index is 0.208. The molecule has 1 saturated heterocycles. The molecule has 3 aromatic heterocycles. The minimum atomic E-state index is -0.208. The van der Waals surface area contributed by atoms with E-state index in [1.165, 1.54) is 6.20 Å². The van der Waals surface area contributed by atoms with E-state index >= 15 is 0 Å². The fourth-order valence-electron chi connectivity index (χ4n) is 3.37. The SMILES string of the molecule is O=C(Nc1ccc(-c2nc(N3CCOCC3)c3cn[nH]c3n2)cc1)c1cccnc1. The van der Waals surface area contributed by atoms with Crippen LogP contribution >= 0.6 is 0 Å². The van der Waals surface area contributed by atoms with Crippen molar-refractivity contribution < 1.29 is 9.53 Å². The molecular formula is C21H19N7O2. The molecule has 0 unspecified atom stereocenters. The van der Waals surface area contributed by atoms with Gasteiger partial charge in [-0.25, -0.2) is 9.97 Å². The van der Waals surface area contributed by atoms with Crippen molar-refractivity contribution in [3.8, 4) is 11.4 Å². The number of hydrogen-bond donors (Lipinski definition) is 2. The molecule has 1 fully saturated rings. The van der Waals surface area contributed by atoms with Crippen molar-refractivity contribution in [2.45, 2.75) is 0 Å². The summed E-state index contributed by atoms with van der Waals surface area (Å²) < 4.78 is 5.46. The Labute approximate surface area is 172 Å². The largest absolute Gasteiger partial charge is 0.378 e. The average Bonchev–Trinajstić information content (AvgIpc) is 3.29. The van der Waals surface area contributed by atoms with Crippen molar-refractivity contribution in [1.29, 1.82) is 0 Å². The fraction of sp³-hybridized carbons (Fsp3) is 0.190. The summed E-state index contributed by atoms with van der Waals surface area (Å²) in [5.41, 5.74) is 2.73. The zero-order valence-corrected chi connectivity index (χ0v) is 16.1. The molecule has 0 spiro atoms. The number of nitrogens with one attached hydrogen (secondary N) is 2. The van der Waals surface area contributed by atoms with Crippen molar-refractivity contribution in [3.63, 3.8) is 0 Å². The van der Waals surface area contributed by atoms with E-state index in [0.29, 0.717) is 35.9 Å². The number of aromatic nitrogens is 5. The molecule has 150 valence electrons. The maximum atomic E-state index is 12.3. The standard InChI is InChI=1S/C21H19N7O2/c29-21(15-2-1-7-22-12-15)24-16-5-3-14(4-6-16)18-25-19-17(13-23-27-19)20(26-18)28-8-10-30-11-9-28/h1-7,12-13H,8-11H2,(H,24,29)(H,23,25,26,27). The van der Waals surface area contributed by atoms with Crippen LogP contribution in [0.3, 0.4) is 0 Å². The first kappa shape index (κ1) is 18.2. The normalized spacial score (nSPS) is 14.1. The molecule has 9 heteroatoms. The van der Waals surface area contributed by atoms with Crippen LogP contribution in [0.1, 0.15) is 10.4 Å². The van der Waals surface area contributed by atoms with Crippen LogP contribution in [-0.2, 0) is 4.74 Å². The number of benzene rings is 1. The second-order valence-corrected chi connectivity index (χ2v) is 6.88. The number of H-pyrrole nitrogens is 1. The van der Waals surface area contributed by atoms with Crippen molar-refractivity contribution in [2.24, 2.45) is 0 Å². The number of hydrogen-bond acceptors (Lipinski definition) is 7. The number of amides is 1. The Morgan fingerprint density at radius 1 is 1.07 bits per heavy atom. The van der Waals surface area contributed by atoms with E-state index in [1.54, 1.807) is 24.5 Å². The summed E-state index contributed by atoms with van der Waals surface area (Å²) in [5, 5.41) is 10.8. The van der Waals surface area contributed by atoms with E-state index in [0.717, 1.165) is 29.9 Å². The molecule has 1 aromatic carbocycles. The van der Waals surface area contributed by atoms with E-state index in [9.17, 15) is 4.79 Å². The lowest BCUT2D eigenvalue weighted by Gasteiger charge is -2.28. The number of rotatable bonds is 4. The lowest BCUT2D eigenvalue weighted by atomic mass is 10.1. The highest BCUT2D eigenvalue weighted by molar-refractivity contribution is 6.04. The number of carbonyl (C=O) groups excluding carboxylic acids is 1. The molecule has 9 nitrogen and oxygen atoms in total. The molecular weight excluding hydrogens is 382 g/mol. The number of aromatic amines is 1. The van der Waals surface area contributed by atoms with Crippen LogP contribution in [0.5, 0.6) is 0 Å². The number of morpholine rings is 1. The Morgan fingerprint density at radius 2 is 1.90 bits per heavy atom. The first-order chi connectivity index (χ1) is 14.8. The molecule has 1 amide bonds. The first-order valence-electron chi connectivity index (χ1n) is 9.63. The molecule has 0 radical (unpaired) electrons. The summed E-state index contributed by atoms with van der Waals surface area (Å²) in [6.45, 7) is 2.89. The Balaban J connectivity index is 1.42. The van der Waals surface area contributed by atoms with Crippen LogP contribution in [0.4, 0.5) is 11.5 Å². The maximum absolute atomic E-state index is 12.3. The second kappa shape index (κ2) is 7.88. The van der Waals surface area contributed by atoms with Gasteiger partial charge in [0, 0.05) is 36.7 Å². The summed E-state index contributed by atoms with van der Waals surface area (Å²) in [4.78, 5) is 27.9. The Kier molecular flexibility index (Phi) is 4.78. The molecule has 4 heterocycles. The van der Waals surface area contributed by atoms with Crippen LogP contribution < -0.4 is 10.2 Å². The van der Waals surface area contributed by atoms with Gasteiger partial charge in [0.05, 0.1) is 30.4 Å². The molecule has 2 N–H and O–H groups in total. The third kappa shape index (κ3) is 3.58. The monoisotopic (exact) mass is 401 g/mol.